The molecule has 1 amide bonds. The Bertz CT molecular complexity index is 517. The summed E-state index contributed by atoms with van der Waals surface area (Å²) in [6, 6.07) is 1.05. The van der Waals surface area contributed by atoms with E-state index in [-0.39, 0.29) is 5.92 Å². The summed E-state index contributed by atoms with van der Waals surface area (Å²) in [4.78, 5) is 21.8. The maximum Gasteiger partial charge on any atom is 0.225 e. The number of guanidine groups is 1. The van der Waals surface area contributed by atoms with Gasteiger partial charge in [-0.1, -0.05) is 25.7 Å². The Morgan fingerprint density at radius 3 is 2.57 bits per heavy atom. The lowest BCUT2D eigenvalue weighted by Gasteiger charge is -2.33. The van der Waals surface area contributed by atoms with E-state index in [2.05, 4.69) is 32.3 Å². The van der Waals surface area contributed by atoms with Crippen molar-refractivity contribution in [2.75, 3.05) is 39.8 Å². The van der Waals surface area contributed by atoms with Gasteiger partial charge in [0.15, 0.2) is 5.96 Å². The lowest BCUT2D eigenvalue weighted by atomic mass is 9.88. The molecule has 3 rings (SSSR count). The summed E-state index contributed by atoms with van der Waals surface area (Å²) >= 11 is 0. The second kappa shape index (κ2) is 11.0. The predicted molar refractivity (Wildman–Crippen MR) is 116 cm³/mol. The van der Waals surface area contributed by atoms with Crippen LogP contribution in [-0.4, -0.2) is 73.5 Å². The summed E-state index contributed by atoms with van der Waals surface area (Å²) < 4.78 is 0. The molecular formula is C22H41N5O. The Balaban J connectivity index is 1.34. The van der Waals surface area contributed by atoms with Gasteiger partial charge in [0.2, 0.25) is 5.91 Å². The van der Waals surface area contributed by atoms with Crippen LogP contribution in [0.1, 0.15) is 71.1 Å². The molecule has 1 saturated carbocycles. The number of hydrogen-bond acceptors (Lipinski definition) is 3. The number of carbonyl (C=O) groups is 1. The van der Waals surface area contributed by atoms with Crippen LogP contribution in [0.5, 0.6) is 0 Å². The zero-order valence-corrected chi connectivity index (χ0v) is 18.1. The number of amides is 1. The molecule has 3 fully saturated rings. The van der Waals surface area contributed by atoms with E-state index in [1.165, 1.54) is 45.1 Å². The molecule has 6 heteroatoms. The summed E-state index contributed by atoms with van der Waals surface area (Å²) in [5.74, 6) is 1.55. The number of nitrogens with zero attached hydrogens (tertiary/aromatic N) is 3. The summed E-state index contributed by atoms with van der Waals surface area (Å²) in [6.07, 6.45) is 12.1. The molecule has 2 aliphatic heterocycles. The van der Waals surface area contributed by atoms with Crippen molar-refractivity contribution < 1.29 is 4.79 Å². The molecule has 2 saturated heterocycles. The van der Waals surface area contributed by atoms with E-state index >= 15 is 0 Å². The SMILES string of the molecule is CN=C(NCCCN1CCCCC1C)NC1CCN(C(=O)C2CCCCC2)C1. The number of hydrogen-bond donors (Lipinski definition) is 2. The molecule has 0 aromatic rings. The topological polar surface area (TPSA) is 60.0 Å². The number of nitrogens with one attached hydrogen (secondary N) is 2. The van der Waals surface area contributed by atoms with Crippen molar-refractivity contribution in [1.82, 2.24) is 20.4 Å². The third kappa shape index (κ3) is 6.10. The number of aliphatic imine (C=N–C) groups is 1. The number of rotatable bonds is 6. The quantitative estimate of drug-likeness (QED) is 0.415. The van der Waals surface area contributed by atoms with Crippen molar-refractivity contribution in [3.63, 3.8) is 0 Å². The van der Waals surface area contributed by atoms with E-state index < -0.39 is 0 Å². The molecule has 0 aromatic carbocycles. The molecule has 0 radical (unpaired) electrons. The van der Waals surface area contributed by atoms with E-state index in [4.69, 9.17) is 0 Å². The molecule has 160 valence electrons. The van der Waals surface area contributed by atoms with Crippen LogP contribution in [0.2, 0.25) is 0 Å². The van der Waals surface area contributed by atoms with Crippen LogP contribution < -0.4 is 10.6 Å². The Kier molecular flexibility index (Phi) is 8.44. The van der Waals surface area contributed by atoms with Gasteiger partial charge in [-0.15, -0.1) is 0 Å². The van der Waals surface area contributed by atoms with E-state index in [0.717, 1.165) is 63.9 Å². The van der Waals surface area contributed by atoms with E-state index in [9.17, 15) is 4.79 Å². The van der Waals surface area contributed by atoms with Crippen molar-refractivity contribution in [1.29, 1.82) is 0 Å². The van der Waals surface area contributed by atoms with Crippen molar-refractivity contribution in [3.05, 3.63) is 0 Å². The molecule has 28 heavy (non-hydrogen) atoms. The minimum Gasteiger partial charge on any atom is -0.356 e. The van der Waals surface area contributed by atoms with Crippen molar-refractivity contribution in [2.45, 2.75) is 83.2 Å². The van der Waals surface area contributed by atoms with Crippen molar-refractivity contribution in [2.24, 2.45) is 10.9 Å². The highest BCUT2D eigenvalue weighted by molar-refractivity contribution is 5.81. The lowest BCUT2D eigenvalue weighted by molar-refractivity contribution is -0.135. The molecular weight excluding hydrogens is 350 g/mol. The normalized spacial score (nSPS) is 27.8. The monoisotopic (exact) mass is 391 g/mol. The highest BCUT2D eigenvalue weighted by Crippen LogP contribution is 2.26. The lowest BCUT2D eigenvalue weighted by Crippen LogP contribution is -2.46. The number of piperidine rings is 1. The molecule has 6 nitrogen and oxygen atoms in total. The van der Waals surface area contributed by atoms with Crippen LogP contribution in [0, 0.1) is 5.92 Å². The first-order chi connectivity index (χ1) is 13.7. The van der Waals surface area contributed by atoms with Gasteiger partial charge in [0, 0.05) is 51.2 Å². The third-order valence-electron chi connectivity index (χ3n) is 6.87. The number of carbonyl (C=O) groups excluding carboxylic acids is 1. The first kappa shape index (κ1) is 21.4. The molecule has 3 aliphatic rings. The van der Waals surface area contributed by atoms with E-state index in [1.807, 2.05) is 7.05 Å². The van der Waals surface area contributed by atoms with Gasteiger partial charge in [0.05, 0.1) is 0 Å². The maximum atomic E-state index is 12.7. The molecule has 2 N–H and O–H groups in total. The molecule has 2 unspecified atom stereocenters. The minimum atomic E-state index is 0.280. The van der Waals surface area contributed by atoms with Gasteiger partial charge < -0.3 is 20.4 Å². The minimum absolute atomic E-state index is 0.280. The first-order valence-electron chi connectivity index (χ1n) is 11.7. The summed E-state index contributed by atoms with van der Waals surface area (Å²) in [5.41, 5.74) is 0. The highest BCUT2D eigenvalue weighted by atomic mass is 16.2. The molecule has 1 aliphatic carbocycles. The van der Waals surface area contributed by atoms with Crippen LogP contribution in [0.3, 0.4) is 0 Å². The molecule has 2 heterocycles. The van der Waals surface area contributed by atoms with Gasteiger partial charge in [-0.25, -0.2) is 0 Å². The first-order valence-corrected chi connectivity index (χ1v) is 11.7. The zero-order valence-electron chi connectivity index (χ0n) is 18.1. The van der Waals surface area contributed by atoms with Gasteiger partial charge in [0.1, 0.15) is 0 Å². The van der Waals surface area contributed by atoms with Crippen LogP contribution in [0.4, 0.5) is 0 Å². The van der Waals surface area contributed by atoms with Gasteiger partial charge >= 0.3 is 0 Å². The Labute approximate surface area is 171 Å². The Morgan fingerprint density at radius 1 is 1.04 bits per heavy atom. The van der Waals surface area contributed by atoms with Crippen LogP contribution >= 0.6 is 0 Å². The smallest absolute Gasteiger partial charge is 0.225 e. The fraction of sp³-hybridized carbons (Fsp3) is 0.909. The van der Waals surface area contributed by atoms with Gasteiger partial charge in [-0.2, -0.15) is 0 Å². The third-order valence-corrected chi connectivity index (χ3v) is 6.87. The summed E-state index contributed by atoms with van der Waals surface area (Å²) in [6.45, 7) is 7.42. The molecule has 2 atom stereocenters. The fourth-order valence-electron chi connectivity index (χ4n) is 5.05. The average molecular weight is 392 g/mol. The highest BCUT2D eigenvalue weighted by Gasteiger charge is 2.31. The van der Waals surface area contributed by atoms with Gasteiger partial charge in [-0.3, -0.25) is 9.79 Å². The maximum absolute atomic E-state index is 12.7. The summed E-state index contributed by atoms with van der Waals surface area (Å²) in [5, 5.41) is 7.00. The van der Waals surface area contributed by atoms with Crippen LogP contribution in [0.25, 0.3) is 0 Å². The van der Waals surface area contributed by atoms with Gasteiger partial charge in [-0.05, 0) is 52.0 Å². The average Bonchev–Trinajstić information content (AvgIpc) is 3.20. The molecule has 0 aromatic heterocycles. The Morgan fingerprint density at radius 2 is 1.82 bits per heavy atom. The largest absolute Gasteiger partial charge is 0.356 e. The second-order valence-electron chi connectivity index (χ2n) is 8.98. The second-order valence-corrected chi connectivity index (χ2v) is 8.98. The van der Waals surface area contributed by atoms with E-state index in [1.54, 1.807) is 0 Å². The Hall–Kier alpha value is -1.30. The zero-order chi connectivity index (χ0) is 19.8. The fourth-order valence-corrected chi connectivity index (χ4v) is 5.05. The van der Waals surface area contributed by atoms with Crippen molar-refractivity contribution >= 4 is 11.9 Å². The van der Waals surface area contributed by atoms with Crippen LogP contribution in [-0.2, 0) is 4.79 Å². The van der Waals surface area contributed by atoms with Gasteiger partial charge in [0.25, 0.3) is 0 Å². The summed E-state index contributed by atoms with van der Waals surface area (Å²) in [7, 11) is 1.84. The van der Waals surface area contributed by atoms with Crippen LogP contribution in [0.15, 0.2) is 4.99 Å². The standard InChI is InChI=1S/C22H41N5O/c1-18-9-6-7-14-26(18)15-8-13-24-22(23-2)25-20-12-16-27(17-20)21(28)19-10-4-3-5-11-19/h18-20H,3-17H2,1-2H3,(H2,23,24,25). The predicted octanol–water partition coefficient (Wildman–Crippen LogP) is 2.60. The molecule has 0 bridgehead atoms. The number of likely N-dealkylation sites (tertiary alicyclic amines) is 2. The molecule has 0 spiro atoms. The van der Waals surface area contributed by atoms with E-state index in [0.29, 0.717) is 11.9 Å². The van der Waals surface area contributed by atoms with Crippen molar-refractivity contribution in [3.8, 4) is 0 Å².